The Morgan fingerprint density at radius 1 is 0.806 bits per heavy atom. The van der Waals surface area contributed by atoms with Crippen LogP contribution in [0.2, 0.25) is 0 Å². The highest BCUT2D eigenvalue weighted by atomic mass is 16.5. The van der Waals surface area contributed by atoms with Crippen molar-refractivity contribution < 1.29 is 19.1 Å². The summed E-state index contributed by atoms with van der Waals surface area (Å²) in [6.45, 7) is 0.518. The van der Waals surface area contributed by atoms with Crippen LogP contribution in [0, 0.1) is 16.7 Å². The molecule has 6 rings (SSSR count). The Balaban J connectivity index is 1.15. The van der Waals surface area contributed by atoms with Crippen LogP contribution in [0.4, 0.5) is 0 Å². The number of ether oxygens (including phenoxy) is 2. The van der Waals surface area contributed by atoms with E-state index in [4.69, 9.17) is 9.47 Å². The van der Waals surface area contributed by atoms with Crippen LogP contribution in [0.25, 0.3) is 0 Å². The van der Waals surface area contributed by atoms with Gasteiger partial charge in [0, 0.05) is 18.3 Å². The molecule has 5 nitrogen and oxygen atoms in total. The molecule has 0 saturated heterocycles. The van der Waals surface area contributed by atoms with Crippen LogP contribution in [-0.2, 0) is 25.7 Å². The molecule has 0 fully saturated rings. The number of nitriles is 1. The Kier molecular flexibility index (Phi) is 6.86. The predicted molar refractivity (Wildman–Crippen MR) is 135 cm³/mol. The lowest BCUT2D eigenvalue weighted by molar-refractivity contribution is -0.155. The van der Waals surface area contributed by atoms with E-state index in [0.717, 1.165) is 23.1 Å². The Morgan fingerprint density at radius 2 is 1.42 bits per heavy atom. The lowest BCUT2D eigenvalue weighted by atomic mass is 9.52. The topological polar surface area (TPSA) is 76.4 Å². The summed E-state index contributed by atoms with van der Waals surface area (Å²) in [6.07, 6.45) is 2.82. The summed E-state index contributed by atoms with van der Waals surface area (Å²) in [5.41, 5.74) is 4.26. The average molecular weight is 480 g/mol. The molecule has 3 aliphatic carbocycles. The van der Waals surface area contributed by atoms with Crippen molar-refractivity contribution in [3.63, 3.8) is 0 Å². The summed E-state index contributed by atoms with van der Waals surface area (Å²) >= 11 is 0. The summed E-state index contributed by atoms with van der Waals surface area (Å²) in [5.74, 6) is -0.982. The second kappa shape index (κ2) is 10.4. The van der Waals surface area contributed by atoms with Crippen LogP contribution in [0.15, 0.2) is 78.9 Å². The van der Waals surface area contributed by atoms with Crippen LogP contribution in [-0.4, -0.2) is 18.5 Å². The number of fused-ring (bicyclic) bond motifs is 1. The van der Waals surface area contributed by atoms with Crippen LogP contribution in [0.1, 0.15) is 71.8 Å². The summed E-state index contributed by atoms with van der Waals surface area (Å²) in [7, 11) is 0. The van der Waals surface area contributed by atoms with Gasteiger partial charge in [-0.2, -0.15) is 5.26 Å². The van der Waals surface area contributed by atoms with Gasteiger partial charge in [0.1, 0.15) is 6.61 Å². The number of carbonyl (C=O) groups excluding carboxylic acids is 2. The molecule has 0 aliphatic heterocycles. The van der Waals surface area contributed by atoms with E-state index in [-0.39, 0.29) is 31.0 Å². The molecule has 5 heteroatoms. The minimum atomic E-state index is -1.23. The second-order valence-corrected chi connectivity index (χ2v) is 9.62. The quantitative estimate of drug-likeness (QED) is 0.277. The zero-order valence-electron chi connectivity index (χ0n) is 20.2. The normalized spacial score (nSPS) is 21.1. The number of rotatable bonds is 9. The maximum absolute atomic E-state index is 13.4. The van der Waals surface area contributed by atoms with Crippen molar-refractivity contribution in [2.45, 2.75) is 50.5 Å². The third-order valence-corrected chi connectivity index (χ3v) is 7.45. The number of esters is 2. The standard InChI is InChI=1S/C31H29NO4/c32-21-31(19-27-23-13-6-8-15-25(23)29(31)26-16-9-7-14-24(26)27)30(34)35-18-10-2-5-17-28(33)36-20-22-11-3-1-4-12-22/h1,3-4,6-9,11-16,27,29H,2,5,10,17-20H2. The van der Waals surface area contributed by atoms with Gasteiger partial charge in [0.25, 0.3) is 0 Å². The van der Waals surface area contributed by atoms with E-state index >= 15 is 0 Å². The molecule has 3 aromatic carbocycles. The van der Waals surface area contributed by atoms with E-state index in [1.807, 2.05) is 66.7 Å². The van der Waals surface area contributed by atoms with Crippen molar-refractivity contribution in [2.24, 2.45) is 5.41 Å². The monoisotopic (exact) mass is 479 g/mol. The van der Waals surface area contributed by atoms with Crippen LogP contribution >= 0.6 is 0 Å². The van der Waals surface area contributed by atoms with Gasteiger partial charge in [-0.1, -0.05) is 78.9 Å². The number of benzene rings is 3. The van der Waals surface area contributed by atoms with E-state index < -0.39 is 11.4 Å². The maximum Gasteiger partial charge on any atom is 0.327 e. The Labute approximate surface area is 211 Å². The molecule has 0 heterocycles. The summed E-state index contributed by atoms with van der Waals surface area (Å²) in [6, 6.07) is 28.3. The van der Waals surface area contributed by atoms with E-state index in [9.17, 15) is 14.9 Å². The highest BCUT2D eigenvalue weighted by Gasteiger charge is 2.58. The molecule has 0 spiro atoms. The van der Waals surface area contributed by atoms with Crippen molar-refractivity contribution in [3.05, 3.63) is 107 Å². The predicted octanol–water partition coefficient (Wildman–Crippen LogP) is 6.02. The molecule has 0 N–H and O–H groups in total. The van der Waals surface area contributed by atoms with Crippen LogP contribution in [0.3, 0.4) is 0 Å². The van der Waals surface area contributed by atoms with E-state index in [1.54, 1.807) is 0 Å². The zero-order chi connectivity index (χ0) is 25.0. The Bertz CT molecular complexity index is 1250. The molecule has 2 bridgehead atoms. The maximum atomic E-state index is 13.4. The minimum absolute atomic E-state index is 0.0106. The fourth-order valence-corrected chi connectivity index (χ4v) is 5.72. The van der Waals surface area contributed by atoms with Gasteiger partial charge >= 0.3 is 11.9 Å². The number of hydrogen-bond acceptors (Lipinski definition) is 5. The third-order valence-electron chi connectivity index (χ3n) is 7.45. The van der Waals surface area contributed by atoms with Gasteiger partial charge in [0.05, 0.1) is 12.7 Å². The zero-order valence-corrected chi connectivity index (χ0v) is 20.2. The first-order valence-corrected chi connectivity index (χ1v) is 12.6. The van der Waals surface area contributed by atoms with Crippen LogP contribution in [0.5, 0.6) is 0 Å². The smallest absolute Gasteiger partial charge is 0.327 e. The number of carbonyl (C=O) groups is 2. The molecule has 1 atom stereocenters. The third kappa shape index (κ3) is 4.40. The van der Waals surface area contributed by atoms with Gasteiger partial charge in [0.15, 0.2) is 5.41 Å². The molecule has 0 amide bonds. The highest BCUT2D eigenvalue weighted by Crippen LogP contribution is 2.61. The number of nitrogens with zero attached hydrogens (tertiary/aromatic N) is 1. The van der Waals surface area contributed by atoms with E-state index in [0.29, 0.717) is 25.7 Å². The van der Waals surface area contributed by atoms with Crippen LogP contribution < -0.4 is 0 Å². The van der Waals surface area contributed by atoms with Gasteiger partial charge < -0.3 is 9.47 Å². The van der Waals surface area contributed by atoms with E-state index in [1.165, 1.54) is 11.1 Å². The van der Waals surface area contributed by atoms with Crippen molar-refractivity contribution >= 4 is 11.9 Å². The lowest BCUT2D eigenvalue weighted by Gasteiger charge is -2.48. The van der Waals surface area contributed by atoms with Crippen molar-refractivity contribution in [1.82, 2.24) is 0 Å². The molecule has 0 saturated carbocycles. The average Bonchev–Trinajstić information content (AvgIpc) is 2.94. The van der Waals surface area contributed by atoms with Gasteiger partial charge in [-0.3, -0.25) is 9.59 Å². The number of hydrogen-bond donors (Lipinski definition) is 0. The molecular formula is C31H29NO4. The first-order valence-electron chi connectivity index (χ1n) is 12.6. The highest BCUT2D eigenvalue weighted by molar-refractivity contribution is 5.85. The molecule has 0 radical (unpaired) electrons. The first kappa shape index (κ1) is 23.8. The number of unbranched alkanes of at least 4 members (excludes halogenated alkanes) is 2. The fraction of sp³-hybridized carbons (Fsp3) is 0.323. The van der Waals surface area contributed by atoms with Gasteiger partial charge in [-0.05, 0) is 53.5 Å². The lowest BCUT2D eigenvalue weighted by Crippen LogP contribution is -2.46. The molecule has 1 unspecified atom stereocenters. The molecule has 3 aliphatic rings. The Hall–Kier alpha value is -3.91. The second-order valence-electron chi connectivity index (χ2n) is 9.62. The molecular weight excluding hydrogens is 450 g/mol. The SMILES string of the molecule is N#CC1(C(=O)OCCCCCC(=O)OCc2ccccc2)CC2c3ccccc3C1c1ccccc12. The largest absolute Gasteiger partial charge is 0.464 e. The Morgan fingerprint density at radius 3 is 2.06 bits per heavy atom. The first-order chi connectivity index (χ1) is 17.6. The van der Waals surface area contributed by atoms with Gasteiger partial charge in [-0.15, -0.1) is 0 Å². The molecule has 3 aromatic rings. The van der Waals surface area contributed by atoms with E-state index in [2.05, 4.69) is 18.2 Å². The van der Waals surface area contributed by atoms with Crippen molar-refractivity contribution in [1.29, 1.82) is 5.26 Å². The molecule has 182 valence electrons. The summed E-state index contributed by atoms with van der Waals surface area (Å²) in [4.78, 5) is 25.4. The molecule has 36 heavy (non-hydrogen) atoms. The summed E-state index contributed by atoms with van der Waals surface area (Å²) < 4.78 is 11.0. The van der Waals surface area contributed by atoms with Gasteiger partial charge in [-0.25, -0.2) is 0 Å². The van der Waals surface area contributed by atoms with Crippen molar-refractivity contribution in [2.75, 3.05) is 6.61 Å². The molecule has 0 aromatic heterocycles. The van der Waals surface area contributed by atoms with Crippen molar-refractivity contribution in [3.8, 4) is 6.07 Å². The van der Waals surface area contributed by atoms with Gasteiger partial charge in [0.2, 0.25) is 0 Å². The summed E-state index contributed by atoms with van der Waals surface area (Å²) in [5, 5.41) is 10.3. The fourth-order valence-electron chi connectivity index (χ4n) is 5.72. The minimum Gasteiger partial charge on any atom is -0.464 e.